The quantitative estimate of drug-likeness (QED) is 0.450. The van der Waals surface area contributed by atoms with Crippen molar-refractivity contribution in [1.82, 2.24) is 4.57 Å². The summed E-state index contributed by atoms with van der Waals surface area (Å²) in [5.41, 5.74) is 0.819. The molecule has 0 aliphatic heterocycles. The highest BCUT2D eigenvalue weighted by atomic mass is 28.4. The van der Waals surface area contributed by atoms with E-state index in [0.717, 1.165) is 10.1 Å². The monoisotopic (exact) mass is 465 g/mol. The molecule has 4 nitrogen and oxygen atoms in total. The molecule has 0 radical (unpaired) electrons. The summed E-state index contributed by atoms with van der Waals surface area (Å²) in [5, 5.41) is 0. The molecule has 1 aromatic rings. The predicted octanol–water partition coefficient (Wildman–Crippen LogP) is 5.88. The zero-order chi connectivity index (χ0) is 22.8. The molecule has 166 valence electrons. The zero-order valence-corrected chi connectivity index (χ0v) is 22.0. The number of hydrogen-bond acceptors (Lipinski definition) is 3. The molecule has 0 saturated heterocycles. The summed E-state index contributed by atoms with van der Waals surface area (Å²) in [6.45, 7) is 17.7. The van der Waals surface area contributed by atoms with Gasteiger partial charge < -0.3 is 13.4 Å². The molecule has 0 aromatic heterocycles. The van der Waals surface area contributed by atoms with Crippen LogP contribution in [-0.2, 0) is 11.2 Å². The van der Waals surface area contributed by atoms with Crippen molar-refractivity contribution in [3.8, 4) is 11.5 Å². The van der Waals surface area contributed by atoms with Gasteiger partial charge in [0, 0.05) is 6.54 Å². The minimum atomic E-state index is -4.86. The summed E-state index contributed by atoms with van der Waals surface area (Å²) in [6.07, 6.45) is -4.54. The second kappa shape index (κ2) is 8.85. The van der Waals surface area contributed by atoms with E-state index in [1.54, 1.807) is 19.6 Å². The minimum absolute atomic E-state index is 0.0225. The second-order valence-electron chi connectivity index (χ2n) is 10.1. The third kappa shape index (κ3) is 8.95. The van der Waals surface area contributed by atoms with Crippen molar-refractivity contribution in [3.05, 3.63) is 23.8 Å². The smallest absolute Gasteiger partial charge is 0.470 e. The molecular weight excluding hydrogens is 431 g/mol. The Kier molecular flexibility index (Phi) is 7.86. The number of alkyl halides is 3. The van der Waals surface area contributed by atoms with Gasteiger partial charge in [-0.15, -0.1) is 0 Å². The van der Waals surface area contributed by atoms with Crippen molar-refractivity contribution in [2.45, 2.75) is 71.5 Å². The molecule has 29 heavy (non-hydrogen) atoms. The van der Waals surface area contributed by atoms with E-state index in [-0.39, 0.29) is 6.54 Å². The summed E-state index contributed by atoms with van der Waals surface area (Å²) in [6, 6.07) is 5.51. The van der Waals surface area contributed by atoms with Crippen LogP contribution in [0.3, 0.4) is 0 Å². The Balaban J connectivity index is 3.14. The van der Waals surface area contributed by atoms with E-state index in [1.165, 1.54) is 0 Å². The molecule has 0 saturated carbocycles. The number of halogens is 3. The van der Waals surface area contributed by atoms with Crippen LogP contribution in [0.5, 0.6) is 11.5 Å². The van der Waals surface area contributed by atoms with Crippen molar-refractivity contribution in [2.24, 2.45) is 0 Å². The van der Waals surface area contributed by atoms with Gasteiger partial charge in [0.25, 0.3) is 0 Å². The predicted molar refractivity (Wildman–Crippen MR) is 119 cm³/mol. The Morgan fingerprint density at radius 2 is 1.38 bits per heavy atom. The fraction of sp³-hybridized carbons (Fsp3) is 0.632. The van der Waals surface area contributed by atoms with E-state index < -0.39 is 37.0 Å². The van der Waals surface area contributed by atoms with Crippen LogP contribution in [0, 0.1) is 0 Å². The van der Waals surface area contributed by atoms with Crippen LogP contribution >= 0.6 is 0 Å². The molecule has 0 fully saturated rings. The molecule has 1 aromatic carbocycles. The van der Waals surface area contributed by atoms with Crippen LogP contribution < -0.4 is 8.85 Å². The lowest BCUT2D eigenvalue weighted by molar-refractivity contribution is -0.180. The van der Waals surface area contributed by atoms with Gasteiger partial charge in [-0.3, -0.25) is 4.79 Å². The maximum absolute atomic E-state index is 13.0. The SMILES string of the molecule is C[Si](C)(C)Oc1ccc(CCN(C(=O)C(F)(F)F)[Si](C)(C)C)cc1O[Si](C)(C)C. The van der Waals surface area contributed by atoms with Crippen LogP contribution in [0.1, 0.15) is 5.56 Å². The molecule has 0 atom stereocenters. The summed E-state index contributed by atoms with van der Waals surface area (Å²) >= 11 is 0. The average Bonchev–Trinajstić information content (AvgIpc) is 2.44. The standard InChI is InChI=1S/C19H34F3NO3Si3/c1-27(2,3)23(18(24)19(20,21)22)13-12-15-10-11-16(25-28(4,5)6)17(14-15)26-29(7,8)9/h10-11,14H,12-13H2,1-9H3. The molecule has 0 aliphatic carbocycles. The molecule has 0 bridgehead atoms. The highest BCUT2D eigenvalue weighted by Crippen LogP contribution is 2.33. The molecule has 0 unspecified atom stereocenters. The number of amides is 1. The van der Waals surface area contributed by atoms with Crippen molar-refractivity contribution in [2.75, 3.05) is 6.54 Å². The van der Waals surface area contributed by atoms with Crippen LogP contribution in [0.25, 0.3) is 0 Å². The summed E-state index contributed by atoms with van der Waals surface area (Å²) < 4.78 is 52.4. The highest BCUT2D eigenvalue weighted by Gasteiger charge is 2.45. The van der Waals surface area contributed by atoms with Crippen LogP contribution in [0.15, 0.2) is 18.2 Å². The number of carbonyl (C=O) groups is 1. The number of benzene rings is 1. The molecule has 0 aliphatic rings. The van der Waals surface area contributed by atoms with Gasteiger partial charge in [-0.25, -0.2) is 0 Å². The summed E-state index contributed by atoms with van der Waals surface area (Å²) in [7, 11) is -6.26. The lowest BCUT2D eigenvalue weighted by atomic mass is 10.1. The van der Waals surface area contributed by atoms with Gasteiger partial charge in [0.15, 0.2) is 8.24 Å². The van der Waals surface area contributed by atoms with Crippen LogP contribution in [-0.4, -0.2) is 48.1 Å². The zero-order valence-electron chi connectivity index (χ0n) is 19.0. The van der Waals surface area contributed by atoms with Gasteiger partial charge in [0.05, 0.1) is 0 Å². The topological polar surface area (TPSA) is 38.8 Å². The van der Waals surface area contributed by atoms with Crippen LogP contribution in [0.2, 0.25) is 58.9 Å². The van der Waals surface area contributed by atoms with E-state index in [9.17, 15) is 18.0 Å². The summed E-state index contributed by atoms with van der Waals surface area (Å²) in [4.78, 5) is 11.9. The van der Waals surface area contributed by atoms with E-state index in [4.69, 9.17) is 8.85 Å². The average molecular weight is 466 g/mol. The normalized spacial score (nSPS) is 13.2. The molecule has 1 amide bonds. The van der Waals surface area contributed by atoms with Gasteiger partial charge in [-0.05, 0) is 63.4 Å². The van der Waals surface area contributed by atoms with E-state index >= 15 is 0 Å². The van der Waals surface area contributed by atoms with Gasteiger partial charge >= 0.3 is 12.1 Å². The van der Waals surface area contributed by atoms with Crippen molar-refractivity contribution >= 4 is 30.8 Å². The van der Waals surface area contributed by atoms with E-state index in [0.29, 0.717) is 17.9 Å². The number of hydrogen-bond donors (Lipinski definition) is 0. The Labute approximate surface area is 175 Å². The summed E-state index contributed by atoms with van der Waals surface area (Å²) in [5.74, 6) is -0.455. The van der Waals surface area contributed by atoms with Gasteiger partial charge in [-0.1, -0.05) is 25.7 Å². The number of carbonyl (C=O) groups excluding carboxylic acids is 1. The first-order chi connectivity index (χ1) is 12.8. The Hall–Kier alpha value is -1.27. The van der Waals surface area contributed by atoms with E-state index in [2.05, 4.69) is 39.3 Å². The molecule has 0 heterocycles. The van der Waals surface area contributed by atoms with Crippen LogP contribution in [0.4, 0.5) is 13.2 Å². The number of rotatable bonds is 8. The second-order valence-corrected chi connectivity index (χ2v) is 23.8. The van der Waals surface area contributed by atoms with Gasteiger partial charge in [-0.2, -0.15) is 13.2 Å². The van der Waals surface area contributed by atoms with E-state index in [1.807, 2.05) is 18.2 Å². The first-order valence-corrected chi connectivity index (χ1v) is 20.0. The van der Waals surface area contributed by atoms with Crippen molar-refractivity contribution < 1.29 is 26.8 Å². The molecule has 1 rings (SSSR count). The Morgan fingerprint density at radius 3 is 1.79 bits per heavy atom. The first-order valence-electron chi connectivity index (χ1n) is 9.69. The van der Waals surface area contributed by atoms with Gasteiger partial charge in [0.1, 0.15) is 11.5 Å². The largest absolute Gasteiger partial charge is 0.542 e. The minimum Gasteiger partial charge on any atom is -0.542 e. The first kappa shape index (κ1) is 25.8. The van der Waals surface area contributed by atoms with Crippen molar-refractivity contribution in [3.63, 3.8) is 0 Å². The Morgan fingerprint density at radius 1 is 0.897 bits per heavy atom. The Bertz CT molecular complexity index is 721. The lowest BCUT2D eigenvalue weighted by Gasteiger charge is -2.35. The maximum atomic E-state index is 13.0. The molecular formula is C19H34F3NO3Si3. The third-order valence-electron chi connectivity index (χ3n) is 3.76. The third-order valence-corrected chi connectivity index (χ3v) is 7.47. The fourth-order valence-corrected chi connectivity index (χ4v) is 5.83. The maximum Gasteiger partial charge on any atom is 0.470 e. The van der Waals surface area contributed by atoms with Gasteiger partial charge in [0.2, 0.25) is 16.6 Å². The van der Waals surface area contributed by atoms with Crippen molar-refractivity contribution in [1.29, 1.82) is 0 Å². The highest BCUT2D eigenvalue weighted by molar-refractivity contribution is 6.75. The number of nitrogens with zero attached hydrogens (tertiary/aromatic N) is 1. The lowest BCUT2D eigenvalue weighted by Crippen LogP contribution is -2.55. The molecule has 0 spiro atoms. The fourth-order valence-electron chi connectivity index (χ4n) is 2.67. The molecule has 10 heteroatoms. The molecule has 0 N–H and O–H groups in total.